The van der Waals surface area contributed by atoms with E-state index in [9.17, 15) is 0 Å². The van der Waals surface area contributed by atoms with E-state index < -0.39 is 0 Å². The second kappa shape index (κ2) is 5.18. The highest BCUT2D eigenvalue weighted by Gasteiger charge is 2.19. The smallest absolute Gasteiger partial charge is 0.222 e. The Morgan fingerprint density at radius 2 is 1.95 bits per heavy atom. The lowest BCUT2D eigenvalue weighted by Crippen LogP contribution is -2.03. The lowest BCUT2D eigenvalue weighted by molar-refractivity contribution is 0.469. The number of benzene rings is 1. The minimum Gasteiger partial charge on any atom is -0.451 e. The van der Waals surface area contributed by atoms with Crippen molar-refractivity contribution < 1.29 is 9.15 Å². The van der Waals surface area contributed by atoms with Crippen LogP contribution in [0.3, 0.4) is 0 Å². The number of oxazole rings is 1. The first kappa shape index (κ1) is 14.1. The van der Waals surface area contributed by atoms with Crippen LogP contribution in [0.4, 0.5) is 11.8 Å². The number of nitrogens with zero attached hydrogens (tertiary/aromatic N) is 3. The van der Waals surface area contributed by atoms with Crippen molar-refractivity contribution in [3.05, 3.63) is 29.8 Å². The molecule has 0 aliphatic rings. The molecule has 0 unspecified atom stereocenters. The molecule has 2 heterocycles. The number of fused-ring (bicyclic) bond motifs is 1. The zero-order valence-electron chi connectivity index (χ0n) is 12.6. The summed E-state index contributed by atoms with van der Waals surface area (Å²) in [5.74, 6) is 1.49. The number of nitrogen functional groups attached to an aromatic ring is 2. The Labute approximate surface area is 127 Å². The van der Waals surface area contributed by atoms with Gasteiger partial charge in [0, 0.05) is 5.56 Å². The van der Waals surface area contributed by atoms with Crippen LogP contribution in [0.2, 0.25) is 0 Å². The largest absolute Gasteiger partial charge is 0.451 e. The zero-order chi connectivity index (χ0) is 15.9. The molecule has 114 valence electrons. The summed E-state index contributed by atoms with van der Waals surface area (Å²) in [4.78, 5) is 12.1. The fourth-order valence-electron chi connectivity index (χ4n) is 2.40. The van der Waals surface area contributed by atoms with Crippen molar-refractivity contribution in [3.8, 4) is 11.5 Å². The van der Waals surface area contributed by atoms with Crippen LogP contribution in [0.25, 0.3) is 11.1 Å². The highest BCUT2D eigenvalue weighted by atomic mass is 16.5. The monoisotopic (exact) mass is 299 g/mol. The van der Waals surface area contributed by atoms with Gasteiger partial charge >= 0.3 is 0 Å². The van der Waals surface area contributed by atoms with Crippen molar-refractivity contribution in [2.45, 2.75) is 26.7 Å². The molecule has 4 N–H and O–H groups in total. The second-order valence-corrected chi connectivity index (χ2v) is 5.37. The fourth-order valence-corrected chi connectivity index (χ4v) is 2.40. The van der Waals surface area contributed by atoms with Gasteiger partial charge in [0.1, 0.15) is 11.3 Å². The molecule has 0 atom stereocenters. The van der Waals surface area contributed by atoms with Gasteiger partial charge in [-0.05, 0) is 24.5 Å². The van der Waals surface area contributed by atoms with E-state index in [1.54, 1.807) is 0 Å². The van der Waals surface area contributed by atoms with Crippen molar-refractivity contribution in [2.75, 3.05) is 11.5 Å². The van der Waals surface area contributed by atoms with Gasteiger partial charge in [0.05, 0.1) is 6.20 Å². The van der Waals surface area contributed by atoms with Gasteiger partial charge in [-0.3, -0.25) is 0 Å². The van der Waals surface area contributed by atoms with E-state index in [4.69, 9.17) is 20.6 Å². The molecule has 7 heteroatoms. The first-order chi connectivity index (χ1) is 10.5. The van der Waals surface area contributed by atoms with E-state index in [1.807, 2.05) is 13.0 Å². The standard InChI is InChI=1S/C15H17N5O2/c1-7(2)11-9(4-8(3)12-13(11)21-6-19-12)22-10-5-18-15(17)20-14(10)16/h4-7H,1-3H3,(H4,16,17,18,20). The topological polar surface area (TPSA) is 113 Å². The quantitative estimate of drug-likeness (QED) is 0.764. The predicted octanol–water partition coefficient (Wildman–Crippen LogP) is 3.01. The Morgan fingerprint density at radius 3 is 2.64 bits per heavy atom. The number of aromatic nitrogens is 3. The van der Waals surface area contributed by atoms with E-state index in [1.165, 1.54) is 12.6 Å². The first-order valence-electron chi connectivity index (χ1n) is 6.90. The molecule has 0 amide bonds. The van der Waals surface area contributed by atoms with Crippen LogP contribution >= 0.6 is 0 Å². The summed E-state index contributed by atoms with van der Waals surface area (Å²) in [5, 5.41) is 0. The van der Waals surface area contributed by atoms with Crippen molar-refractivity contribution in [2.24, 2.45) is 0 Å². The van der Waals surface area contributed by atoms with E-state index in [2.05, 4.69) is 28.8 Å². The molecular weight excluding hydrogens is 282 g/mol. The lowest BCUT2D eigenvalue weighted by Gasteiger charge is -2.15. The first-order valence-corrected chi connectivity index (χ1v) is 6.90. The molecule has 0 aliphatic carbocycles. The number of anilines is 2. The average molecular weight is 299 g/mol. The maximum absolute atomic E-state index is 5.92. The molecule has 22 heavy (non-hydrogen) atoms. The Hall–Kier alpha value is -2.83. The number of hydrogen-bond acceptors (Lipinski definition) is 7. The van der Waals surface area contributed by atoms with Crippen LogP contribution < -0.4 is 16.2 Å². The normalized spacial score (nSPS) is 11.3. The maximum Gasteiger partial charge on any atom is 0.222 e. The zero-order valence-corrected chi connectivity index (χ0v) is 12.6. The molecule has 3 rings (SSSR count). The molecule has 2 aromatic heterocycles. The van der Waals surface area contributed by atoms with Gasteiger partial charge in [0.2, 0.25) is 5.95 Å². The van der Waals surface area contributed by atoms with Gasteiger partial charge in [-0.2, -0.15) is 4.98 Å². The maximum atomic E-state index is 5.92. The molecule has 0 spiro atoms. The molecule has 0 saturated carbocycles. The summed E-state index contributed by atoms with van der Waals surface area (Å²) >= 11 is 0. The number of aryl methyl sites for hydroxylation is 1. The SMILES string of the molecule is Cc1cc(Oc2cnc(N)nc2N)c(C(C)C)c2ocnc12. The molecule has 0 saturated heterocycles. The average Bonchev–Trinajstić information content (AvgIpc) is 2.91. The third-order valence-corrected chi connectivity index (χ3v) is 3.40. The van der Waals surface area contributed by atoms with Crippen molar-refractivity contribution >= 4 is 22.9 Å². The highest BCUT2D eigenvalue weighted by molar-refractivity contribution is 5.83. The van der Waals surface area contributed by atoms with E-state index in [0.29, 0.717) is 11.5 Å². The number of rotatable bonds is 3. The second-order valence-electron chi connectivity index (χ2n) is 5.37. The Kier molecular flexibility index (Phi) is 3.32. The molecule has 7 nitrogen and oxygen atoms in total. The minimum atomic E-state index is 0.107. The van der Waals surface area contributed by atoms with Crippen LogP contribution in [0.15, 0.2) is 23.1 Å². The van der Waals surface area contributed by atoms with Crippen LogP contribution in [0.1, 0.15) is 30.9 Å². The van der Waals surface area contributed by atoms with Crippen LogP contribution in [0.5, 0.6) is 11.5 Å². The van der Waals surface area contributed by atoms with E-state index in [0.717, 1.165) is 22.2 Å². The molecule has 0 bridgehead atoms. The summed E-state index contributed by atoms with van der Waals surface area (Å²) in [7, 11) is 0. The number of hydrogen-bond donors (Lipinski definition) is 2. The third-order valence-electron chi connectivity index (χ3n) is 3.40. The predicted molar refractivity (Wildman–Crippen MR) is 83.8 cm³/mol. The van der Waals surface area contributed by atoms with Crippen LogP contribution in [0, 0.1) is 6.92 Å². The van der Waals surface area contributed by atoms with Gasteiger partial charge in [-0.1, -0.05) is 13.8 Å². The fraction of sp³-hybridized carbons (Fsp3) is 0.267. The molecule has 1 aromatic carbocycles. The van der Waals surface area contributed by atoms with Gasteiger partial charge in [-0.25, -0.2) is 9.97 Å². The van der Waals surface area contributed by atoms with E-state index >= 15 is 0 Å². The van der Waals surface area contributed by atoms with E-state index in [-0.39, 0.29) is 17.7 Å². The molecule has 0 radical (unpaired) electrons. The Bertz CT molecular complexity index is 841. The van der Waals surface area contributed by atoms with Crippen LogP contribution in [-0.2, 0) is 0 Å². The molecule has 3 aromatic rings. The summed E-state index contributed by atoms with van der Waals surface area (Å²) < 4.78 is 11.5. The third kappa shape index (κ3) is 2.30. The lowest BCUT2D eigenvalue weighted by atomic mass is 9.99. The summed E-state index contributed by atoms with van der Waals surface area (Å²) in [6.07, 6.45) is 2.90. The summed E-state index contributed by atoms with van der Waals surface area (Å²) in [5.41, 5.74) is 14.8. The van der Waals surface area contributed by atoms with Crippen molar-refractivity contribution in [3.63, 3.8) is 0 Å². The van der Waals surface area contributed by atoms with Gasteiger partial charge in [0.25, 0.3) is 0 Å². The number of ether oxygens (including phenoxy) is 1. The molecular formula is C15H17N5O2. The van der Waals surface area contributed by atoms with Crippen molar-refractivity contribution in [1.82, 2.24) is 15.0 Å². The number of nitrogens with two attached hydrogens (primary N) is 2. The Balaban J connectivity index is 2.15. The highest BCUT2D eigenvalue weighted by Crippen LogP contribution is 2.38. The minimum absolute atomic E-state index is 0.107. The van der Waals surface area contributed by atoms with Gasteiger partial charge in [-0.15, -0.1) is 0 Å². The Morgan fingerprint density at radius 1 is 1.18 bits per heavy atom. The van der Waals surface area contributed by atoms with Crippen LogP contribution in [-0.4, -0.2) is 15.0 Å². The molecule has 0 aliphatic heterocycles. The van der Waals surface area contributed by atoms with Gasteiger partial charge < -0.3 is 20.6 Å². The van der Waals surface area contributed by atoms with Crippen molar-refractivity contribution in [1.29, 1.82) is 0 Å². The summed E-state index contributed by atoms with van der Waals surface area (Å²) in [6.45, 7) is 6.06. The van der Waals surface area contributed by atoms with Gasteiger partial charge in [0.15, 0.2) is 23.5 Å². The molecule has 0 fully saturated rings. The summed E-state index contributed by atoms with van der Waals surface area (Å²) in [6, 6.07) is 1.91.